The lowest BCUT2D eigenvalue weighted by Gasteiger charge is -2.35. The number of carbonyl (C=O) groups excluding carboxylic acids is 1. The molecular weight excluding hydrogens is 388 g/mol. The molecule has 4 rings (SSSR count). The summed E-state index contributed by atoms with van der Waals surface area (Å²) in [6, 6.07) is 11.8. The van der Waals surface area contributed by atoms with Crippen LogP contribution in [0.1, 0.15) is 35.3 Å². The number of phenolic OH excluding ortho intramolecular Hbond substituents is 1. The number of aryl methyl sites for hydroxylation is 1. The summed E-state index contributed by atoms with van der Waals surface area (Å²) in [7, 11) is -0.194. The lowest BCUT2D eigenvalue weighted by molar-refractivity contribution is 0.0983. The number of carbonyl (C=O) groups is 1. The van der Waals surface area contributed by atoms with Gasteiger partial charge >= 0.3 is 0 Å². The van der Waals surface area contributed by atoms with Gasteiger partial charge in [-0.3, -0.25) is 4.79 Å². The van der Waals surface area contributed by atoms with Crippen LogP contribution < -0.4 is 9.80 Å². The topological polar surface area (TPSA) is 43.8 Å². The van der Waals surface area contributed by atoms with Crippen LogP contribution in [0, 0.1) is 6.92 Å². The van der Waals surface area contributed by atoms with Gasteiger partial charge in [-0.15, -0.1) is 9.45 Å². The smallest absolute Gasteiger partial charge is 0.260 e. The minimum absolute atomic E-state index is 0.0160. The van der Waals surface area contributed by atoms with E-state index in [4.69, 9.17) is 11.2 Å². The molecule has 0 fully saturated rings. The van der Waals surface area contributed by atoms with E-state index >= 15 is 0 Å². The Balaban J connectivity index is 1.85. The highest BCUT2D eigenvalue weighted by Gasteiger charge is 2.40. The van der Waals surface area contributed by atoms with Crippen molar-refractivity contribution in [3.8, 4) is 5.75 Å². The third-order valence-corrected chi connectivity index (χ3v) is 9.00. The zero-order valence-corrected chi connectivity index (χ0v) is 18.4. The third-order valence-electron chi connectivity index (χ3n) is 5.96. The second kappa shape index (κ2) is 6.85. The Bertz CT molecular complexity index is 986. The van der Waals surface area contributed by atoms with Crippen LogP contribution in [0.25, 0.3) is 0 Å². The molecule has 2 aliphatic heterocycles. The largest absolute Gasteiger partial charge is 0.508 e. The van der Waals surface area contributed by atoms with Crippen molar-refractivity contribution >= 4 is 37.9 Å². The van der Waals surface area contributed by atoms with Gasteiger partial charge in [0.2, 0.25) is 0 Å². The maximum Gasteiger partial charge on any atom is 0.260 e. The number of phenols is 1. The van der Waals surface area contributed by atoms with Crippen molar-refractivity contribution in [2.45, 2.75) is 38.0 Å². The van der Waals surface area contributed by atoms with E-state index in [0.29, 0.717) is 5.56 Å². The molecule has 2 aliphatic rings. The number of fused-ring (bicyclic) bond motifs is 4. The normalized spacial score (nSPS) is 19.7. The monoisotopic (exact) mass is 414 g/mol. The summed E-state index contributed by atoms with van der Waals surface area (Å²) in [5.74, 6) is 0.243. The number of aromatic hydroxyl groups is 1. The molecular formula is C22H26N2O2S2. The summed E-state index contributed by atoms with van der Waals surface area (Å²) in [5.41, 5.74) is 4.42. The number of hydrogen-bond acceptors (Lipinski definition) is 4. The molecule has 0 saturated heterocycles. The Hall–Kier alpha value is -1.92. The number of rotatable bonds is 3. The van der Waals surface area contributed by atoms with Crippen molar-refractivity contribution in [3.05, 3.63) is 53.1 Å². The summed E-state index contributed by atoms with van der Waals surface area (Å²) in [5, 5.41) is 10.4. The zero-order chi connectivity index (χ0) is 20.2. The van der Waals surface area contributed by atoms with Gasteiger partial charge in [0.05, 0.1) is 17.3 Å². The van der Waals surface area contributed by atoms with Crippen LogP contribution in [0.5, 0.6) is 5.75 Å². The van der Waals surface area contributed by atoms with E-state index in [1.165, 1.54) is 5.56 Å². The van der Waals surface area contributed by atoms with Crippen molar-refractivity contribution in [1.29, 1.82) is 0 Å². The summed E-state index contributed by atoms with van der Waals surface area (Å²) < 4.78 is -0.0726. The molecule has 28 heavy (non-hydrogen) atoms. The first kappa shape index (κ1) is 19.4. The first-order valence-electron chi connectivity index (χ1n) is 9.52. The van der Waals surface area contributed by atoms with Crippen LogP contribution in [0.3, 0.4) is 0 Å². The standard InChI is InChI=1S/C22H26N2O2S2/c1-14-9-17-19(11-20(14)25)23(13-22(2,3)28(4)27)12-16-10-15-7-5-6-8-18(15)24(16)21(17)26/h5-9,11,16,25H,10,12-13H2,1-4H3/t16-,28?/m0/s1. The summed E-state index contributed by atoms with van der Waals surface area (Å²) in [6.45, 7) is 7.69. The molecule has 2 atom stereocenters. The van der Waals surface area contributed by atoms with Crippen molar-refractivity contribution in [3.63, 3.8) is 0 Å². The number of anilines is 2. The molecule has 0 bridgehead atoms. The predicted octanol–water partition coefficient (Wildman–Crippen LogP) is 3.58. The van der Waals surface area contributed by atoms with Gasteiger partial charge < -0.3 is 14.9 Å². The lowest BCUT2D eigenvalue weighted by Crippen LogP contribution is -2.47. The number of hydrogen-bond donors (Lipinski definition) is 1. The average molecular weight is 415 g/mol. The van der Waals surface area contributed by atoms with E-state index in [2.05, 4.69) is 31.1 Å². The van der Waals surface area contributed by atoms with E-state index < -0.39 is 0 Å². The second-order valence-corrected chi connectivity index (χ2v) is 11.9. The van der Waals surface area contributed by atoms with Gasteiger partial charge in [-0.05, 0) is 56.7 Å². The molecule has 4 nitrogen and oxygen atoms in total. The highest BCUT2D eigenvalue weighted by atomic mass is 32.8. The summed E-state index contributed by atoms with van der Waals surface area (Å²) in [6.07, 6.45) is 2.94. The molecule has 0 saturated carbocycles. The Labute approximate surface area is 173 Å². The predicted molar refractivity (Wildman–Crippen MR) is 121 cm³/mol. The Morgan fingerprint density at radius 2 is 1.96 bits per heavy atom. The summed E-state index contributed by atoms with van der Waals surface area (Å²) >= 11 is 5.61. The quantitative estimate of drug-likeness (QED) is 0.834. The highest BCUT2D eigenvalue weighted by molar-refractivity contribution is 8.29. The van der Waals surface area contributed by atoms with E-state index in [-0.39, 0.29) is 31.9 Å². The van der Waals surface area contributed by atoms with Crippen LogP contribution in [0.2, 0.25) is 0 Å². The molecule has 2 aromatic carbocycles. The maximum atomic E-state index is 13.6. The van der Waals surface area contributed by atoms with Gasteiger partial charge in [-0.1, -0.05) is 29.4 Å². The van der Waals surface area contributed by atoms with Gasteiger partial charge in [0.25, 0.3) is 5.91 Å². The molecule has 2 aromatic rings. The third kappa shape index (κ3) is 3.12. The summed E-state index contributed by atoms with van der Waals surface area (Å²) in [4.78, 5) is 17.8. The molecule has 1 N–H and O–H groups in total. The average Bonchev–Trinajstić information content (AvgIpc) is 2.95. The van der Waals surface area contributed by atoms with Crippen molar-refractivity contribution in [1.82, 2.24) is 0 Å². The zero-order valence-electron chi connectivity index (χ0n) is 16.7. The van der Waals surface area contributed by atoms with E-state index in [9.17, 15) is 9.90 Å². The molecule has 2 heterocycles. The molecule has 148 valence electrons. The number of nitrogens with zero attached hydrogens (tertiary/aromatic N) is 2. The van der Waals surface area contributed by atoms with Crippen molar-refractivity contribution in [2.75, 3.05) is 29.1 Å². The fourth-order valence-corrected chi connectivity index (χ4v) is 4.68. The minimum atomic E-state index is -0.194. The highest BCUT2D eigenvalue weighted by Crippen LogP contribution is 2.40. The van der Waals surface area contributed by atoms with Crippen LogP contribution in [0.4, 0.5) is 11.4 Å². The van der Waals surface area contributed by atoms with Crippen molar-refractivity contribution in [2.24, 2.45) is 0 Å². The minimum Gasteiger partial charge on any atom is -0.508 e. The molecule has 1 amide bonds. The Morgan fingerprint density at radius 1 is 1.25 bits per heavy atom. The Kier molecular flexibility index (Phi) is 4.74. The first-order chi connectivity index (χ1) is 13.2. The second-order valence-electron chi connectivity index (χ2n) is 8.41. The maximum absolute atomic E-state index is 13.6. The molecule has 0 radical (unpaired) electrons. The van der Waals surface area contributed by atoms with Crippen molar-refractivity contribution < 1.29 is 9.90 Å². The number of amides is 1. The van der Waals surface area contributed by atoms with Crippen LogP contribution in [-0.2, 0) is 27.1 Å². The van der Waals surface area contributed by atoms with Gasteiger partial charge in [0.15, 0.2) is 0 Å². The van der Waals surface area contributed by atoms with E-state index in [1.54, 1.807) is 6.07 Å². The van der Waals surface area contributed by atoms with Gasteiger partial charge in [-0.25, -0.2) is 0 Å². The Morgan fingerprint density at radius 3 is 2.68 bits per heavy atom. The van der Waals surface area contributed by atoms with Crippen LogP contribution in [-0.4, -0.2) is 41.1 Å². The van der Waals surface area contributed by atoms with Gasteiger partial charge in [-0.2, -0.15) is 0 Å². The molecule has 0 aromatic heterocycles. The number of benzene rings is 2. The molecule has 1 unspecified atom stereocenters. The fraction of sp³-hybridized carbons (Fsp3) is 0.409. The SMILES string of the molecule is Cc1cc2c(cc1O)N(CC(C)(C)S(C)=S)C[C@@H]1Cc3ccccc3N1C2=O. The van der Waals surface area contributed by atoms with Gasteiger partial charge in [0.1, 0.15) is 5.75 Å². The molecule has 0 aliphatic carbocycles. The first-order valence-corrected chi connectivity index (χ1v) is 12.1. The fourth-order valence-electron chi connectivity index (χ4n) is 4.18. The lowest BCUT2D eigenvalue weighted by atomic mass is 10.0. The number of para-hydroxylation sites is 1. The molecule has 6 heteroatoms. The van der Waals surface area contributed by atoms with Crippen LogP contribution in [0.15, 0.2) is 36.4 Å². The van der Waals surface area contributed by atoms with E-state index in [0.717, 1.165) is 36.4 Å². The van der Waals surface area contributed by atoms with Crippen LogP contribution >= 0.6 is 0 Å². The molecule has 0 spiro atoms. The van der Waals surface area contributed by atoms with E-state index in [1.807, 2.05) is 36.1 Å². The van der Waals surface area contributed by atoms with Gasteiger partial charge in [0, 0.05) is 29.6 Å².